The topological polar surface area (TPSA) is 59.4 Å². The molecule has 0 bridgehead atoms. The molecule has 0 atom stereocenters. The molecular formula is C12H10ClNO3. The molecule has 0 radical (unpaired) electrons. The first-order valence-corrected chi connectivity index (χ1v) is 5.29. The molecule has 1 aromatic heterocycles. The number of pyridine rings is 1. The predicted molar refractivity (Wildman–Crippen MR) is 65.0 cm³/mol. The first-order chi connectivity index (χ1) is 8.02. The highest BCUT2D eigenvalue weighted by molar-refractivity contribution is 6.31. The Morgan fingerprint density at radius 1 is 1.41 bits per heavy atom. The SMILES string of the molecule is COc1nc2c(C)cc(Cl)cc2cc1C(=O)O. The Kier molecular flexibility index (Phi) is 2.90. The molecule has 0 aliphatic rings. The third-order valence-electron chi connectivity index (χ3n) is 2.46. The van der Waals surface area contributed by atoms with Gasteiger partial charge < -0.3 is 9.84 Å². The molecule has 0 unspecified atom stereocenters. The quantitative estimate of drug-likeness (QED) is 0.892. The van der Waals surface area contributed by atoms with Gasteiger partial charge in [0.1, 0.15) is 5.56 Å². The summed E-state index contributed by atoms with van der Waals surface area (Å²) in [4.78, 5) is 15.2. The largest absolute Gasteiger partial charge is 0.480 e. The minimum absolute atomic E-state index is 0.0293. The van der Waals surface area contributed by atoms with Gasteiger partial charge in [0.05, 0.1) is 12.6 Å². The van der Waals surface area contributed by atoms with Gasteiger partial charge in [-0.15, -0.1) is 0 Å². The molecule has 0 saturated carbocycles. The number of carboxylic acid groups (broad SMARTS) is 1. The summed E-state index contributed by atoms with van der Waals surface area (Å²) in [7, 11) is 1.39. The van der Waals surface area contributed by atoms with Gasteiger partial charge in [-0.3, -0.25) is 0 Å². The molecule has 2 rings (SSSR count). The lowest BCUT2D eigenvalue weighted by molar-refractivity contribution is 0.0692. The first kappa shape index (κ1) is 11.7. The molecule has 4 nitrogen and oxygen atoms in total. The number of carboxylic acids is 1. The first-order valence-electron chi connectivity index (χ1n) is 4.91. The monoisotopic (exact) mass is 251 g/mol. The fourth-order valence-electron chi connectivity index (χ4n) is 1.71. The number of rotatable bonds is 2. The van der Waals surface area contributed by atoms with E-state index in [4.69, 9.17) is 21.4 Å². The van der Waals surface area contributed by atoms with Crippen LogP contribution in [0, 0.1) is 6.92 Å². The van der Waals surface area contributed by atoms with E-state index in [1.165, 1.54) is 13.2 Å². The molecule has 1 aromatic carbocycles. The summed E-state index contributed by atoms with van der Waals surface area (Å²) in [5.74, 6) is -0.968. The van der Waals surface area contributed by atoms with Crippen molar-refractivity contribution in [3.05, 3.63) is 34.3 Å². The van der Waals surface area contributed by atoms with Crippen LogP contribution in [0.4, 0.5) is 0 Å². The molecule has 2 aromatic rings. The zero-order chi connectivity index (χ0) is 12.6. The van der Waals surface area contributed by atoms with E-state index in [1.807, 2.05) is 6.92 Å². The van der Waals surface area contributed by atoms with Crippen molar-refractivity contribution in [1.82, 2.24) is 4.98 Å². The average Bonchev–Trinajstić information content (AvgIpc) is 2.27. The summed E-state index contributed by atoms with van der Waals surface area (Å²) >= 11 is 5.92. The van der Waals surface area contributed by atoms with Gasteiger partial charge in [-0.2, -0.15) is 0 Å². The van der Waals surface area contributed by atoms with E-state index in [9.17, 15) is 4.79 Å². The van der Waals surface area contributed by atoms with Crippen molar-refractivity contribution in [2.75, 3.05) is 7.11 Å². The lowest BCUT2D eigenvalue weighted by Gasteiger charge is -2.08. The number of carbonyl (C=O) groups is 1. The summed E-state index contributed by atoms with van der Waals surface area (Å²) in [5, 5.41) is 10.3. The summed E-state index contributed by atoms with van der Waals surface area (Å²) in [6.45, 7) is 1.86. The molecule has 0 amide bonds. The highest BCUT2D eigenvalue weighted by Gasteiger charge is 2.15. The van der Waals surface area contributed by atoms with E-state index in [0.29, 0.717) is 15.9 Å². The van der Waals surface area contributed by atoms with Crippen molar-refractivity contribution in [2.24, 2.45) is 0 Å². The van der Waals surface area contributed by atoms with Crippen LogP contribution in [0.3, 0.4) is 0 Å². The third-order valence-corrected chi connectivity index (χ3v) is 2.68. The number of hydrogen-bond donors (Lipinski definition) is 1. The number of benzene rings is 1. The normalized spacial score (nSPS) is 10.5. The van der Waals surface area contributed by atoms with E-state index in [-0.39, 0.29) is 11.4 Å². The Morgan fingerprint density at radius 3 is 2.71 bits per heavy atom. The van der Waals surface area contributed by atoms with Crippen molar-refractivity contribution in [1.29, 1.82) is 0 Å². The Bertz CT molecular complexity index is 610. The second kappa shape index (κ2) is 4.22. The molecule has 0 saturated heterocycles. The lowest BCUT2D eigenvalue weighted by atomic mass is 10.1. The number of methoxy groups -OCH3 is 1. The van der Waals surface area contributed by atoms with Gasteiger partial charge in [-0.1, -0.05) is 11.6 Å². The molecule has 0 aliphatic carbocycles. The number of nitrogens with zero attached hydrogens (tertiary/aromatic N) is 1. The Morgan fingerprint density at radius 2 is 2.12 bits per heavy atom. The summed E-state index contributed by atoms with van der Waals surface area (Å²) in [5.41, 5.74) is 1.60. The molecule has 1 heterocycles. The van der Waals surface area contributed by atoms with Gasteiger partial charge in [0, 0.05) is 10.4 Å². The minimum Gasteiger partial charge on any atom is -0.480 e. The highest BCUT2D eigenvalue weighted by Crippen LogP contribution is 2.27. The van der Waals surface area contributed by atoms with Gasteiger partial charge in [-0.25, -0.2) is 9.78 Å². The van der Waals surface area contributed by atoms with Crippen LogP contribution in [0.1, 0.15) is 15.9 Å². The average molecular weight is 252 g/mol. The fourth-order valence-corrected chi connectivity index (χ4v) is 1.99. The van der Waals surface area contributed by atoms with E-state index in [2.05, 4.69) is 4.98 Å². The van der Waals surface area contributed by atoms with Crippen molar-refractivity contribution >= 4 is 28.5 Å². The van der Waals surface area contributed by atoms with Gasteiger partial charge in [0.2, 0.25) is 5.88 Å². The third kappa shape index (κ3) is 2.03. The molecule has 1 N–H and O–H groups in total. The van der Waals surface area contributed by atoms with E-state index in [1.54, 1.807) is 12.1 Å². The van der Waals surface area contributed by atoms with E-state index in [0.717, 1.165) is 5.56 Å². The number of aromatic nitrogens is 1. The highest BCUT2D eigenvalue weighted by atomic mass is 35.5. The Labute approximate surface area is 103 Å². The van der Waals surface area contributed by atoms with E-state index < -0.39 is 5.97 Å². The van der Waals surface area contributed by atoms with Crippen LogP contribution >= 0.6 is 11.6 Å². The van der Waals surface area contributed by atoms with Gasteiger partial charge in [0.15, 0.2) is 0 Å². The summed E-state index contributed by atoms with van der Waals surface area (Å²) in [6, 6.07) is 4.97. The maximum absolute atomic E-state index is 11.0. The van der Waals surface area contributed by atoms with Crippen molar-refractivity contribution in [3.8, 4) is 5.88 Å². The predicted octanol–water partition coefficient (Wildman–Crippen LogP) is 2.90. The lowest BCUT2D eigenvalue weighted by Crippen LogP contribution is -2.03. The number of halogens is 1. The standard InChI is InChI=1S/C12H10ClNO3/c1-6-3-8(13)4-7-5-9(12(15)16)11(17-2)14-10(6)7/h3-5H,1-2H3,(H,15,16). The molecule has 0 spiro atoms. The molecular weight excluding hydrogens is 242 g/mol. The van der Waals surface area contributed by atoms with Crippen LogP contribution in [0.5, 0.6) is 5.88 Å². The summed E-state index contributed by atoms with van der Waals surface area (Å²) in [6.07, 6.45) is 0. The van der Waals surface area contributed by atoms with Crippen molar-refractivity contribution in [3.63, 3.8) is 0 Å². The number of hydrogen-bond acceptors (Lipinski definition) is 3. The van der Waals surface area contributed by atoms with Gasteiger partial charge in [0.25, 0.3) is 0 Å². The van der Waals surface area contributed by atoms with Crippen molar-refractivity contribution < 1.29 is 14.6 Å². The zero-order valence-corrected chi connectivity index (χ0v) is 10.1. The van der Waals surface area contributed by atoms with Gasteiger partial charge >= 0.3 is 5.97 Å². The van der Waals surface area contributed by atoms with Crippen LogP contribution in [0.25, 0.3) is 10.9 Å². The second-order valence-electron chi connectivity index (χ2n) is 3.64. The molecule has 17 heavy (non-hydrogen) atoms. The number of ether oxygens (including phenoxy) is 1. The number of aromatic carboxylic acids is 1. The molecule has 88 valence electrons. The fraction of sp³-hybridized carbons (Fsp3) is 0.167. The maximum atomic E-state index is 11.0. The van der Waals surface area contributed by atoms with E-state index >= 15 is 0 Å². The second-order valence-corrected chi connectivity index (χ2v) is 4.08. The Balaban J connectivity index is 2.83. The molecule has 5 heteroatoms. The smallest absolute Gasteiger partial charge is 0.341 e. The van der Waals surface area contributed by atoms with Crippen LogP contribution in [-0.2, 0) is 0 Å². The summed E-state index contributed by atoms with van der Waals surface area (Å²) < 4.78 is 4.98. The zero-order valence-electron chi connectivity index (χ0n) is 9.32. The number of fused-ring (bicyclic) bond motifs is 1. The van der Waals surface area contributed by atoms with Crippen LogP contribution < -0.4 is 4.74 Å². The van der Waals surface area contributed by atoms with Crippen LogP contribution in [0.15, 0.2) is 18.2 Å². The van der Waals surface area contributed by atoms with Crippen LogP contribution in [0.2, 0.25) is 5.02 Å². The van der Waals surface area contributed by atoms with Gasteiger partial charge in [-0.05, 0) is 30.7 Å². The van der Waals surface area contributed by atoms with Crippen LogP contribution in [-0.4, -0.2) is 23.2 Å². The minimum atomic E-state index is -1.08. The molecule has 0 fully saturated rings. The van der Waals surface area contributed by atoms with Crippen molar-refractivity contribution in [2.45, 2.75) is 6.92 Å². The maximum Gasteiger partial charge on any atom is 0.341 e. The molecule has 0 aliphatic heterocycles. The Hall–Kier alpha value is -1.81. The number of aryl methyl sites for hydroxylation is 1.